The summed E-state index contributed by atoms with van der Waals surface area (Å²) >= 11 is 0. The highest BCUT2D eigenvalue weighted by Gasteiger charge is 2.28. The maximum Gasteiger partial charge on any atom is 0.355 e. The van der Waals surface area contributed by atoms with Gasteiger partial charge in [-0.05, 0) is 36.8 Å². The number of hydrogen-bond donors (Lipinski definition) is 2. The van der Waals surface area contributed by atoms with Crippen molar-refractivity contribution in [2.24, 2.45) is 0 Å². The molecule has 0 aliphatic carbocycles. The quantitative estimate of drug-likeness (QED) is 0.628. The van der Waals surface area contributed by atoms with Crippen molar-refractivity contribution in [3.63, 3.8) is 0 Å². The molecule has 30 heavy (non-hydrogen) atoms. The SMILES string of the molecule is Cc1cccc(N2NNN(C)C2=O)c1COc1cccc(OCc2cccnc2)c1. The molecule has 2 heterocycles. The Labute approximate surface area is 175 Å². The fourth-order valence-corrected chi connectivity index (χ4v) is 3.08. The van der Waals surface area contributed by atoms with E-state index >= 15 is 0 Å². The number of ether oxygens (including phenoxy) is 2. The Kier molecular flexibility index (Phi) is 5.78. The molecule has 2 N–H and O–H groups in total. The molecule has 0 spiro atoms. The fourth-order valence-electron chi connectivity index (χ4n) is 3.08. The summed E-state index contributed by atoms with van der Waals surface area (Å²) in [6.45, 7) is 2.74. The van der Waals surface area contributed by atoms with Gasteiger partial charge in [-0.2, -0.15) is 0 Å². The molecule has 0 saturated carbocycles. The summed E-state index contributed by atoms with van der Waals surface area (Å²) in [5.41, 5.74) is 9.30. The van der Waals surface area contributed by atoms with Gasteiger partial charge in [0.25, 0.3) is 0 Å². The van der Waals surface area contributed by atoms with E-state index in [2.05, 4.69) is 16.1 Å². The lowest BCUT2D eigenvalue weighted by molar-refractivity contribution is 0.214. The van der Waals surface area contributed by atoms with E-state index in [-0.39, 0.29) is 6.03 Å². The van der Waals surface area contributed by atoms with Crippen LogP contribution in [0, 0.1) is 6.92 Å². The third-order valence-electron chi connectivity index (χ3n) is 4.75. The van der Waals surface area contributed by atoms with Crippen LogP contribution in [0.3, 0.4) is 0 Å². The molecular weight excluding hydrogens is 382 g/mol. The van der Waals surface area contributed by atoms with E-state index in [4.69, 9.17) is 9.47 Å². The molecule has 2 aromatic carbocycles. The molecule has 1 aromatic heterocycles. The Hall–Kier alpha value is -3.62. The maximum absolute atomic E-state index is 12.3. The average molecular weight is 405 g/mol. The maximum atomic E-state index is 12.3. The van der Waals surface area contributed by atoms with Gasteiger partial charge in [0.05, 0.1) is 5.69 Å². The number of carbonyl (C=O) groups excluding carboxylic acids is 1. The van der Waals surface area contributed by atoms with Crippen LogP contribution >= 0.6 is 0 Å². The summed E-state index contributed by atoms with van der Waals surface area (Å²) < 4.78 is 11.9. The first-order valence-corrected chi connectivity index (χ1v) is 9.54. The van der Waals surface area contributed by atoms with Crippen molar-refractivity contribution < 1.29 is 14.3 Å². The fraction of sp³-hybridized carbons (Fsp3) is 0.182. The van der Waals surface area contributed by atoms with Crippen molar-refractivity contribution in [3.05, 3.63) is 83.7 Å². The third kappa shape index (κ3) is 4.35. The van der Waals surface area contributed by atoms with E-state index < -0.39 is 0 Å². The zero-order valence-corrected chi connectivity index (χ0v) is 16.8. The van der Waals surface area contributed by atoms with Crippen LogP contribution in [0.25, 0.3) is 0 Å². The van der Waals surface area contributed by atoms with E-state index in [1.54, 1.807) is 19.4 Å². The van der Waals surface area contributed by atoms with E-state index in [1.165, 1.54) is 10.0 Å². The first-order valence-electron chi connectivity index (χ1n) is 9.54. The topological polar surface area (TPSA) is 79.0 Å². The minimum Gasteiger partial charge on any atom is -0.489 e. The van der Waals surface area contributed by atoms with Gasteiger partial charge in [-0.1, -0.05) is 24.3 Å². The Morgan fingerprint density at radius 2 is 1.73 bits per heavy atom. The number of hydrogen-bond acceptors (Lipinski definition) is 6. The van der Waals surface area contributed by atoms with Gasteiger partial charge in [-0.25, -0.2) is 14.8 Å². The number of amides is 2. The molecule has 2 amide bonds. The molecule has 1 aliphatic rings. The van der Waals surface area contributed by atoms with Crippen molar-refractivity contribution in [1.29, 1.82) is 0 Å². The van der Waals surface area contributed by atoms with Crippen LogP contribution < -0.4 is 25.6 Å². The lowest BCUT2D eigenvalue weighted by atomic mass is 10.1. The van der Waals surface area contributed by atoms with Crippen LogP contribution in [0.5, 0.6) is 11.5 Å². The van der Waals surface area contributed by atoms with Gasteiger partial charge in [-0.15, -0.1) is 11.1 Å². The largest absolute Gasteiger partial charge is 0.489 e. The van der Waals surface area contributed by atoms with E-state index in [0.29, 0.717) is 24.7 Å². The number of benzene rings is 2. The monoisotopic (exact) mass is 405 g/mol. The number of nitrogens with zero attached hydrogens (tertiary/aromatic N) is 3. The summed E-state index contributed by atoms with van der Waals surface area (Å²) in [6, 6.07) is 16.9. The Morgan fingerprint density at radius 1 is 0.967 bits per heavy atom. The van der Waals surface area contributed by atoms with Gasteiger partial charge in [0.1, 0.15) is 24.7 Å². The Bertz CT molecular complexity index is 1030. The molecule has 1 saturated heterocycles. The van der Waals surface area contributed by atoms with Gasteiger partial charge >= 0.3 is 6.03 Å². The Morgan fingerprint density at radius 3 is 2.43 bits per heavy atom. The second-order valence-electron chi connectivity index (χ2n) is 6.89. The highest BCUT2D eigenvalue weighted by atomic mass is 16.5. The zero-order chi connectivity index (χ0) is 20.9. The van der Waals surface area contributed by atoms with Crippen LogP contribution in [-0.4, -0.2) is 23.1 Å². The molecule has 1 fully saturated rings. The van der Waals surface area contributed by atoms with Crippen LogP contribution in [0.15, 0.2) is 67.0 Å². The number of hydrazine groups is 3. The second kappa shape index (κ2) is 8.81. The van der Waals surface area contributed by atoms with E-state index in [1.807, 2.05) is 61.5 Å². The van der Waals surface area contributed by atoms with Gasteiger partial charge in [0.2, 0.25) is 0 Å². The molecule has 0 atom stereocenters. The first-order chi connectivity index (χ1) is 14.6. The van der Waals surface area contributed by atoms with Gasteiger partial charge in [-0.3, -0.25) is 4.98 Å². The number of nitrogens with one attached hydrogen (secondary N) is 2. The number of pyridine rings is 1. The summed E-state index contributed by atoms with van der Waals surface area (Å²) in [5.74, 6) is 1.40. The third-order valence-corrected chi connectivity index (χ3v) is 4.75. The molecule has 8 nitrogen and oxygen atoms in total. The molecular formula is C22H23N5O3. The molecule has 1 aliphatic heterocycles. The number of carbonyl (C=O) groups is 1. The predicted molar refractivity (Wildman–Crippen MR) is 112 cm³/mol. The summed E-state index contributed by atoms with van der Waals surface area (Å²) in [6.07, 6.45) is 3.51. The molecule has 4 rings (SSSR count). The Balaban J connectivity index is 1.46. The average Bonchev–Trinajstić information content (AvgIpc) is 3.10. The van der Waals surface area contributed by atoms with Crippen LogP contribution in [0.2, 0.25) is 0 Å². The summed E-state index contributed by atoms with van der Waals surface area (Å²) in [5, 5.41) is 2.83. The highest BCUT2D eigenvalue weighted by Crippen LogP contribution is 2.27. The van der Waals surface area contributed by atoms with Gasteiger partial charge in [0.15, 0.2) is 0 Å². The number of urea groups is 1. The minimum absolute atomic E-state index is 0.201. The van der Waals surface area contributed by atoms with Crippen LogP contribution in [0.4, 0.5) is 10.5 Å². The lowest BCUT2D eigenvalue weighted by Crippen LogP contribution is -2.38. The predicted octanol–water partition coefficient (Wildman–Crippen LogP) is 3.34. The van der Waals surface area contributed by atoms with Crippen molar-refractivity contribution in [2.75, 3.05) is 12.1 Å². The number of aromatic nitrogens is 1. The molecule has 0 radical (unpaired) electrons. The van der Waals surface area contributed by atoms with Crippen molar-refractivity contribution in [3.8, 4) is 11.5 Å². The molecule has 0 bridgehead atoms. The molecule has 3 aromatic rings. The standard InChI is InChI=1S/C22H23N5O3/c1-16-6-3-10-21(27-22(28)26(2)24-25-27)20(16)15-30-19-9-4-8-18(12-19)29-14-17-7-5-11-23-13-17/h3-13,24-25H,14-15H2,1-2H3. The first kappa shape index (κ1) is 19.7. The zero-order valence-electron chi connectivity index (χ0n) is 16.8. The van der Waals surface area contributed by atoms with Crippen molar-refractivity contribution in [2.45, 2.75) is 20.1 Å². The number of aryl methyl sites for hydroxylation is 1. The lowest BCUT2D eigenvalue weighted by Gasteiger charge is -2.20. The minimum atomic E-state index is -0.201. The smallest absolute Gasteiger partial charge is 0.355 e. The summed E-state index contributed by atoms with van der Waals surface area (Å²) in [7, 11) is 1.65. The van der Waals surface area contributed by atoms with E-state index in [9.17, 15) is 4.79 Å². The van der Waals surface area contributed by atoms with Gasteiger partial charge < -0.3 is 9.47 Å². The summed E-state index contributed by atoms with van der Waals surface area (Å²) in [4.78, 5) is 16.4. The number of rotatable bonds is 7. The normalized spacial score (nSPS) is 13.6. The number of anilines is 1. The van der Waals surface area contributed by atoms with E-state index in [0.717, 1.165) is 22.4 Å². The molecule has 154 valence electrons. The van der Waals surface area contributed by atoms with Crippen LogP contribution in [0.1, 0.15) is 16.7 Å². The van der Waals surface area contributed by atoms with Crippen molar-refractivity contribution in [1.82, 2.24) is 21.1 Å². The van der Waals surface area contributed by atoms with Gasteiger partial charge in [0, 0.05) is 36.6 Å². The molecule has 0 unspecified atom stereocenters. The van der Waals surface area contributed by atoms with Crippen molar-refractivity contribution >= 4 is 11.7 Å². The van der Waals surface area contributed by atoms with Crippen LogP contribution in [-0.2, 0) is 13.2 Å². The second-order valence-corrected chi connectivity index (χ2v) is 6.89. The molecule has 8 heteroatoms. The highest BCUT2D eigenvalue weighted by molar-refractivity contribution is 5.92.